The van der Waals surface area contributed by atoms with E-state index in [1.54, 1.807) is 24.3 Å². The van der Waals surface area contributed by atoms with E-state index in [1.807, 2.05) is 242 Å². The maximum atomic E-state index is 17.5. The van der Waals surface area contributed by atoms with Crippen LogP contribution in [0.5, 0.6) is 46.0 Å². The van der Waals surface area contributed by atoms with Crippen LogP contribution in [0.25, 0.3) is 87.6 Å². The molecule has 26 nitrogen and oxygen atoms in total. The number of hydrogen-bond donors (Lipinski definition) is 0. The van der Waals surface area contributed by atoms with Crippen LogP contribution in [-0.4, -0.2) is 293 Å². The lowest BCUT2D eigenvalue weighted by atomic mass is 9.80. The minimum Gasteiger partial charge on any atom is -0.457 e. The van der Waals surface area contributed by atoms with Gasteiger partial charge in [-0.2, -0.15) is 0 Å². The van der Waals surface area contributed by atoms with Crippen molar-refractivity contribution in [2.24, 2.45) is 0 Å². The summed E-state index contributed by atoms with van der Waals surface area (Å²) in [6.07, 6.45) is 2.79. The fraction of sp³-hybridized carbons (Fsp3) is 0.362. The van der Waals surface area contributed by atoms with Gasteiger partial charge in [-0.3, -0.25) is 58.2 Å². The number of nitrogens with zero attached hydrogens (tertiary/aromatic N) is 8. The topological polar surface area (TPSA) is 266 Å². The zero-order valence-corrected chi connectivity index (χ0v) is 80.0. The van der Waals surface area contributed by atoms with Crippen LogP contribution >= 0.6 is 0 Å². The summed E-state index contributed by atoms with van der Waals surface area (Å²) >= 11 is 0. The van der Waals surface area contributed by atoms with Crippen molar-refractivity contribution < 1.29 is 85.6 Å². The molecule has 0 radical (unpaired) electrons. The molecule has 10 atom stereocenters. The fourth-order valence-corrected chi connectivity index (χ4v) is 20.7. The van der Waals surface area contributed by atoms with Gasteiger partial charge in [0.25, 0.3) is 23.6 Å². The molecule has 0 aromatic heterocycles. The van der Waals surface area contributed by atoms with Gasteiger partial charge in [0.1, 0.15) is 58.1 Å². The Hall–Kier alpha value is -12.9. The quantitative estimate of drug-likeness (QED) is 0.0148. The Morgan fingerprint density at radius 2 is 0.472 bits per heavy atom. The second-order valence-electron chi connectivity index (χ2n) is 39.3. The molecule has 10 aliphatic rings. The second-order valence-corrected chi connectivity index (χ2v) is 39.3. The standard InChI is InChI=1S/C116H116N8O18/c1-3-5-27-97(115(129)121(49-45-117(57-85-65-131-85)58-86-66-132-86)50-46-118(59-87-67-133-87)60-88-68-134-88)123-111(125)93-53-99(139-81-37-29-77(30-38-81)73-19-11-7-12-20-73)105-107-101(141-83-41-33-79(34-42-83)75-23-15-9-16-24-75)55-95-104-96(114(128)124(113(95)127)98(28-6-4-2)116(130)122(51-47-119(61-89-69-135-89)62-90-70-136-90)52-48-120(63-91-71-137-91)64-92-72-138-92)56-102(142-84-43-35-80(36-44-84)76-25-17-10-18-26-76)108(110(104)107)106-100(54-94(112(123)126)103(93)109(105)106)140-82-39-31-78(32-40-82)74-21-13-8-14-22-74/h7-26,29-44,53-56,85-92,97-98H,3-6,27-28,45-52,57-72H2,1-2H3. The van der Waals surface area contributed by atoms with Crippen LogP contribution in [0, 0.1) is 0 Å². The van der Waals surface area contributed by atoms with Gasteiger partial charge in [-0.05, 0) is 130 Å². The van der Waals surface area contributed by atoms with Crippen molar-refractivity contribution in [1.82, 2.24) is 39.2 Å². The van der Waals surface area contributed by atoms with Gasteiger partial charge in [0, 0.05) is 148 Å². The van der Waals surface area contributed by atoms with E-state index in [-0.39, 0.29) is 156 Å². The molecular weight excluding hydrogens is 1790 g/mol. The van der Waals surface area contributed by atoms with Crippen LogP contribution in [0.15, 0.2) is 243 Å². The van der Waals surface area contributed by atoms with Crippen molar-refractivity contribution >= 4 is 78.5 Å². The molecule has 13 aromatic rings. The number of carbonyl (C=O) groups is 6. The highest BCUT2D eigenvalue weighted by atomic mass is 16.6. The first kappa shape index (κ1) is 92.8. The van der Waals surface area contributed by atoms with Crippen LogP contribution in [0.3, 0.4) is 0 Å². The minimum atomic E-state index is -1.34. The van der Waals surface area contributed by atoms with Crippen molar-refractivity contribution in [3.8, 4) is 90.5 Å². The van der Waals surface area contributed by atoms with E-state index in [0.29, 0.717) is 212 Å². The summed E-state index contributed by atoms with van der Waals surface area (Å²) in [5.74, 6) is -1.96. The normalized spacial score (nSPS) is 20.4. The average Bonchev–Trinajstić information content (AvgIpc) is 1.35. The van der Waals surface area contributed by atoms with E-state index in [2.05, 4.69) is 19.6 Å². The maximum Gasteiger partial charge on any atom is 0.262 e. The van der Waals surface area contributed by atoms with Gasteiger partial charge in [-0.15, -0.1) is 0 Å². The average molecular weight is 1910 g/mol. The van der Waals surface area contributed by atoms with Gasteiger partial charge < -0.3 is 66.6 Å². The first-order valence-corrected chi connectivity index (χ1v) is 50.5. The third kappa shape index (κ3) is 20.9. The summed E-state index contributed by atoms with van der Waals surface area (Å²) in [7, 11) is 0. The molecular formula is C116H116N8O18. The van der Waals surface area contributed by atoms with Gasteiger partial charge >= 0.3 is 0 Å². The van der Waals surface area contributed by atoms with Gasteiger partial charge in [-0.25, -0.2) is 0 Å². The Balaban J connectivity index is 0.759. The number of fused-ring (bicyclic) bond motifs is 2. The number of carbonyl (C=O) groups excluding carboxylic acids is 6. The molecule has 26 heteroatoms. The van der Waals surface area contributed by atoms with E-state index >= 15 is 28.8 Å². The van der Waals surface area contributed by atoms with Gasteiger partial charge in [0.05, 0.1) is 124 Å². The number of unbranched alkanes of at least 4 members (excludes halogenated alkanes) is 2. The summed E-state index contributed by atoms with van der Waals surface area (Å²) in [5, 5.41) is 2.20. The zero-order valence-electron chi connectivity index (χ0n) is 80.0. The smallest absolute Gasteiger partial charge is 0.262 e. The molecule has 142 heavy (non-hydrogen) atoms. The molecule has 728 valence electrons. The molecule has 23 rings (SSSR count). The molecule has 8 fully saturated rings. The SMILES string of the molecule is CCCCC(C(=O)N(CCN(CC1CO1)CC1CO1)CCN(CC1CO1)CC1CO1)N1C(=O)c2cc(Oc3ccc(-c4ccccc4)cc3)c3c4c(Oc5ccc(-c6ccccc6)cc5)cc5c6c(cc(Oc7ccc(-c8ccccc8)cc7)c(c7c(Oc8ccc(-c9ccccc9)cc8)cc(c2c37)C1=O)c64)C(=O)N(C(CCCC)C(=O)N(CCN(CC1CO1)CC1CO1)CCN(CC1CO1)CC1CO1)C5=O. The van der Waals surface area contributed by atoms with Crippen molar-refractivity contribution in [3.63, 3.8) is 0 Å². The van der Waals surface area contributed by atoms with E-state index < -0.39 is 35.7 Å². The van der Waals surface area contributed by atoms with Crippen LogP contribution in [0.1, 0.15) is 93.8 Å². The van der Waals surface area contributed by atoms with Crippen LogP contribution < -0.4 is 18.9 Å². The highest BCUT2D eigenvalue weighted by Crippen LogP contribution is 2.59. The van der Waals surface area contributed by atoms with Gasteiger partial charge in [-0.1, -0.05) is 209 Å². The number of hydrogen-bond acceptors (Lipinski definition) is 22. The largest absolute Gasteiger partial charge is 0.457 e. The predicted molar refractivity (Wildman–Crippen MR) is 540 cm³/mol. The van der Waals surface area contributed by atoms with E-state index in [1.165, 1.54) is 9.80 Å². The Labute approximate surface area is 824 Å². The zero-order chi connectivity index (χ0) is 96.0. The van der Waals surface area contributed by atoms with Crippen LogP contribution in [-0.2, 0) is 47.5 Å². The van der Waals surface area contributed by atoms with Crippen molar-refractivity contribution in [1.29, 1.82) is 0 Å². The monoisotopic (exact) mass is 1910 g/mol. The van der Waals surface area contributed by atoms with Crippen LogP contribution in [0.2, 0.25) is 0 Å². The molecule has 0 saturated carbocycles. The minimum absolute atomic E-state index is 0.0400. The number of rotatable bonds is 50. The molecule has 0 spiro atoms. The van der Waals surface area contributed by atoms with E-state index in [9.17, 15) is 0 Å². The van der Waals surface area contributed by atoms with Gasteiger partial charge in [0.15, 0.2) is 0 Å². The highest BCUT2D eigenvalue weighted by Gasteiger charge is 2.49. The lowest BCUT2D eigenvalue weighted by Gasteiger charge is -2.38. The molecule has 6 amide bonds. The van der Waals surface area contributed by atoms with Crippen molar-refractivity contribution in [3.05, 3.63) is 265 Å². The number of amides is 6. The van der Waals surface area contributed by atoms with Crippen molar-refractivity contribution in [2.75, 3.05) is 158 Å². The lowest BCUT2D eigenvalue weighted by molar-refractivity contribution is -0.137. The third-order valence-electron chi connectivity index (χ3n) is 28.9. The highest BCUT2D eigenvalue weighted by molar-refractivity contribution is 6.45. The van der Waals surface area contributed by atoms with E-state index in [4.69, 9.17) is 56.8 Å². The first-order chi connectivity index (χ1) is 69.7. The number of ether oxygens (including phenoxy) is 12. The van der Waals surface area contributed by atoms with Gasteiger partial charge in [0.2, 0.25) is 11.8 Å². The second kappa shape index (κ2) is 40.8. The number of epoxide rings is 8. The predicted octanol–water partition coefficient (Wildman–Crippen LogP) is 17.9. The molecule has 8 saturated heterocycles. The lowest BCUT2D eigenvalue weighted by Crippen LogP contribution is -2.56. The third-order valence-corrected chi connectivity index (χ3v) is 28.9. The Morgan fingerprint density at radius 1 is 0.275 bits per heavy atom. The summed E-state index contributed by atoms with van der Waals surface area (Å²) in [6, 6.07) is 74.8. The number of benzene rings is 13. The Bertz CT molecular complexity index is 5960. The molecule has 10 aliphatic heterocycles. The molecule has 10 unspecified atom stereocenters. The number of imide groups is 2. The first-order valence-electron chi connectivity index (χ1n) is 50.5. The molecule has 0 bridgehead atoms. The molecule has 0 aliphatic carbocycles. The van der Waals surface area contributed by atoms with Crippen LogP contribution in [0.4, 0.5) is 0 Å². The molecule has 10 heterocycles. The Morgan fingerprint density at radius 3 is 0.662 bits per heavy atom. The Kier molecular flexibility index (Phi) is 26.7. The fourth-order valence-electron chi connectivity index (χ4n) is 20.7. The molecule has 0 N–H and O–H groups in total. The summed E-state index contributed by atoms with van der Waals surface area (Å²) in [4.78, 5) is 119. The molecule has 13 aromatic carbocycles. The van der Waals surface area contributed by atoms with E-state index in [0.717, 1.165) is 44.5 Å². The maximum absolute atomic E-state index is 17.5. The summed E-state index contributed by atoms with van der Waals surface area (Å²) < 4.78 is 77.3. The summed E-state index contributed by atoms with van der Waals surface area (Å²) in [5.41, 5.74) is 7.58. The summed E-state index contributed by atoms with van der Waals surface area (Å²) in [6.45, 7) is 17.2. The van der Waals surface area contributed by atoms with Crippen molar-refractivity contribution in [2.45, 2.75) is 113 Å².